The number of hydrogen-bond acceptors (Lipinski definition) is 3. The van der Waals surface area contributed by atoms with E-state index in [1.165, 1.54) is 0 Å². The molecule has 2 rings (SSSR count). The summed E-state index contributed by atoms with van der Waals surface area (Å²) in [4.78, 5) is 38.4. The van der Waals surface area contributed by atoms with Gasteiger partial charge in [0.25, 0.3) is 5.91 Å². The number of carboxylic acid groups (broad SMARTS) is 1. The van der Waals surface area contributed by atoms with Gasteiger partial charge in [-0.25, -0.2) is 0 Å². The van der Waals surface area contributed by atoms with Crippen LogP contribution in [0.1, 0.15) is 62.7 Å². The first-order chi connectivity index (χ1) is 13.0. The zero-order valence-corrected chi connectivity index (χ0v) is 16.2. The number of amides is 2. The van der Waals surface area contributed by atoms with Crippen LogP contribution in [0.2, 0.25) is 0 Å². The van der Waals surface area contributed by atoms with Crippen LogP contribution in [0.15, 0.2) is 24.3 Å². The van der Waals surface area contributed by atoms with Crippen LogP contribution in [0.3, 0.4) is 0 Å². The highest BCUT2D eigenvalue weighted by atomic mass is 16.4. The summed E-state index contributed by atoms with van der Waals surface area (Å²) in [5.74, 6) is -2.27. The van der Waals surface area contributed by atoms with Gasteiger partial charge in [0.05, 0.1) is 11.8 Å². The number of benzene rings is 1. The van der Waals surface area contributed by atoms with Crippen molar-refractivity contribution in [1.29, 1.82) is 0 Å². The Bertz CT molecular complexity index is 651. The smallest absolute Gasteiger partial charge is 0.307 e. The Morgan fingerprint density at radius 3 is 2.07 bits per heavy atom. The minimum absolute atomic E-state index is 0.00482. The molecule has 0 radical (unpaired) electrons. The van der Waals surface area contributed by atoms with E-state index in [1.54, 1.807) is 24.3 Å². The molecular weight excluding hydrogens is 344 g/mol. The Morgan fingerprint density at radius 1 is 1.00 bits per heavy atom. The minimum atomic E-state index is -0.900. The fourth-order valence-electron chi connectivity index (χ4n) is 3.71. The Morgan fingerprint density at radius 2 is 1.56 bits per heavy atom. The van der Waals surface area contributed by atoms with Crippen molar-refractivity contribution in [3.63, 3.8) is 0 Å². The lowest BCUT2D eigenvalue weighted by Gasteiger charge is -2.27. The van der Waals surface area contributed by atoms with E-state index in [1.807, 2.05) is 18.7 Å². The zero-order chi connectivity index (χ0) is 19.8. The highest BCUT2D eigenvalue weighted by Crippen LogP contribution is 2.31. The molecule has 1 aliphatic carbocycles. The van der Waals surface area contributed by atoms with E-state index in [2.05, 4.69) is 5.32 Å². The summed E-state index contributed by atoms with van der Waals surface area (Å²) >= 11 is 0. The highest BCUT2D eigenvalue weighted by Gasteiger charge is 2.35. The van der Waals surface area contributed by atoms with Crippen LogP contribution in [0, 0.1) is 11.8 Å². The highest BCUT2D eigenvalue weighted by molar-refractivity contribution is 5.97. The van der Waals surface area contributed by atoms with E-state index < -0.39 is 17.8 Å². The fourth-order valence-corrected chi connectivity index (χ4v) is 3.71. The molecule has 6 heteroatoms. The number of carbonyl (C=O) groups is 3. The second-order valence-electron chi connectivity index (χ2n) is 7.19. The van der Waals surface area contributed by atoms with Crippen molar-refractivity contribution in [1.82, 2.24) is 4.90 Å². The molecule has 148 valence electrons. The maximum atomic E-state index is 12.6. The molecule has 27 heavy (non-hydrogen) atoms. The zero-order valence-electron chi connectivity index (χ0n) is 16.2. The number of nitrogens with zero attached hydrogens (tertiary/aromatic N) is 1. The summed E-state index contributed by atoms with van der Waals surface area (Å²) in [7, 11) is 0. The summed E-state index contributed by atoms with van der Waals surface area (Å²) in [5, 5.41) is 12.2. The normalized spacial score (nSPS) is 19.3. The van der Waals surface area contributed by atoms with Gasteiger partial charge in [-0.2, -0.15) is 0 Å². The van der Waals surface area contributed by atoms with E-state index in [-0.39, 0.29) is 11.8 Å². The average molecular weight is 374 g/mol. The Hall–Kier alpha value is -2.37. The molecule has 1 fully saturated rings. The van der Waals surface area contributed by atoms with E-state index in [0.717, 1.165) is 38.8 Å². The maximum Gasteiger partial charge on any atom is 0.307 e. The first-order valence-corrected chi connectivity index (χ1v) is 9.90. The quantitative estimate of drug-likeness (QED) is 0.725. The van der Waals surface area contributed by atoms with Gasteiger partial charge in [-0.15, -0.1) is 0 Å². The number of anilines is 1. The van der Waals surface area contributed by atoms with Crippen LogP contribution in [0.4, 0.5) is 5.69 Å². The summed E-state index contributed by atoms with van der Waals surface area (Å²) in [6.45, 7) is 5.54. The number of hydrogen-bond donors (Lipinski definition) is 2. The molecule has 0 aliphatic heterocycles. The lowest BCUT2D eigenvalue weighted by Crippen LogP contribution is -2.36. The van der Waals surface area contributed by atoms with Crippen LogP contribution >= 0.6 is 0 Å². The molecule has 2 N–H and O–H groups in total. The molecule has 6 nitrogen and oxygen atoms in total. The molecule has 1 aliphatic rings. The molecule has 0 aromatic heterocycles. The predicted octanol–water partition coefficient (Wildman–Crippen LogP) is 3.78. The van der Waals surface area contributed by atoms with Crippen LogP contribution < -0.4 is 5.32 Å². The van der Waals surface area contributed by atoms with Crippen molar-refractivity contribution in [2.45, 2.75) is 52.4 Å². The molecule has 2 atom stereocenters. The molecule has 2 amide bonds. The summed E-state index contributed by atoms with van der Waals surface area (Å²) in [6.07, 6.45) is 4.69. The van der Waals surface area contributed by atoms with Crippen molar-refractivity contribution < 1.29 is 19.5 Å². The van der Waals surface area contributed by atoms with Gasteiger partial charge in [0.15, 0.2) is 0 Å². The Kier molecular flexibility index (Phi) is 7.82. The van der Waals surface area contributed by atoms with Gasteiger partial charge in [-0.05, 0) is 49.9 Å². The third-order valence-corrected chi connectivity index (χ3v) is 5.09. The summed E-state index contributed by atoms with van der Waals surface area (Å²) in [5.41, 5.74) is 1.18. The van der Waals surface area contributed by atoms with E-state index in [9.17, 15) is 19.5 Å². The van der Waals surface area contributed by atoms with E-state index in [4.69, 9.17) is 0 Å². The minimum Gasteiger partial charge on any atom is -0.481 e. The second-order valence-corrected chi connectivity index (χ2v) is 7.19. The van der Waals surface area contributed by atoms with Gasteiger partial charge >= 0.3 is 5.97 Å². The summed E-state index contributed by atoms with van der Waals surface area (Å²) in [6, 6.07) is 6.84. The fraction of sp³-hybridized carbons (Fsp3) is 0.571. The Labute approximate surface area is 160 Å². The second kappa shape index (κ2) is 10.1. The lowest BCUT2D eigenvalue weighted by molar-refractivity contribution is -0.147. The molecule has 2 unspecified atom stereocenters. The van der Waals surface area contributed by atoms with Gasteiger partial charge in [0.1, 0.15) is 0 Å². The van der Waals surface area contributed by atoms with Gasteiger partial charge in [0, 0.05) is 24.3 Å². The predicted molar refractivity (Wildman–Crippen MR) is 105 cm³/mol. The molecule has 1 aromatic rings. The molecule has 0 heterocycles. The SMILES string of the molecule is CCCN(CCC)C(=O)c1ccc(NC(=O)C2CCCCC2C(=O)O)cc1. The first kappa shape index (κ1) is 20.9. The van der Waals surface area contributed by atoms with E-state index >= 15 is 0 Å². The van der Waals surface area contributed by atoms with Gasteiger partial charge in [-0.3, -0.25) is 14.4 Å². The van der Waals surface area contributed by atoms with Crippen molar-refractivity contribution in [2.24, 2.45) is 11.8 Å². The molecule has 0 bridgehead atoms. The number of rotatable bonds is 8. The number of aliphatic carboxylic acids is 1. The van der Waals surface area contributed by atoms with Crippen LogP contribution in [0.25, 0.3) is 0 Å². The third-order valence-electron chi connectivity index (χ3n) is 5.09. The topological polar surface area (TPSA) is 86.7 Å². The molecule has 1 aromatic carbocycles. The summed E-state index contributed by atoms with van der Waals surface area (Å²) < 4.78 is 0. The van der Waals surface area contributed by atoms with Crippen LogP contribution in [-0.2, 0) is 9.59 Å². The van der Waals surface area contributed by atoms with Crippen molar-refractivity contribution in [3.8, 4) is 0 Å². The monoisotopic (exact) mass is 374 g/mol. The number of nitrogens with one attached hydrogen (secondary N) is 1. The van der Waals surface area contributed by atoms with Crippen molar-refractivity contribution in [2.75, 3.05) is 18.4 Å². The Balaban J connectivity index is 2.03. The van der Waals surface area contributed by atoms with E-state index in [0.29, 0.717) is 24.1 Å². The molecule has 1 saturated carbocycles. The number of carboxylic acids is 1. The first-order valence-electron chi connectivity index (χ1n) is 9.90. The van der Waals surface area contributed by atoms with Gasteiger partial charge in [0.2, 0.25) is 5.91 Å². The maximum absolute atomic E-state index is 12.6. The van der Waals surface area contributed by atoms with Crippen LogP contribution in [-0.4, -0.2) is 40.9 Å². The van der Waals surface area contributed by atoms with Gasteiger partial charge in [-0.1, -0.05) is 26.7 Å². The molecular formula is C21H30N2O4. The molecule has 0 saturated heterocycles. The van der Waals surface area contributed by atoms with Gasteiger partial charge < -0.3 is 15.3 Å². The lowest BCUT2D eigenvalue weighted by atomic mass is 9.78. The van der Waals surface area contributed by atoms with Crippen LogP contribution in [0.5, 0.6) is 0 Å². The largest absolute Gasteiger partial charge is 0.481 e. The average Bonchev–Trinajstić information content (AvgIpc) is 2.67. The molecule has 0 spiro atoms. The standard InChI is InChI=1S/C21H30N2O4/c1-3-13-23(14-4-2)20(25)15-9-11-16(12-10-15)22-19(24)17-7-5-6-8-18(17)21(26)27/h9-12,17-18H,3-8,13-14H2,1-2H3,(H,22,24)(H,26,27). The number of carbonyl (C=O) groups excluding carboxylic acids is 2. The van der Waals surface area contributed by atoms with Crippen molar-refractivity contribution in [3.05, 3.63) is 29.8 Å². The third kappa shape index (κ3) is 5.55. The van der Waals surface area contributed by atoms with Crippen molar-refractivity contribution >= 4 is 23.5 Å².